The van der Waals surface area contributed by atoms with Gasteiger partial charge < -0.3 is 5.32 Å². The van der Waals surface area contributed by atoms with E-state index in [9.17, 15) is 14.4 Å². The van der Waals surface area contributed by atoms with Crippen LogP contribution in [-0.2, 0) is 19.9 Å². The maximum Gasteiger partial charge on any atom is 0.250 e. The van der Waals surface area contributed by atoms with E-state index < -0.39 is 17.4 Å². The van der Waals surface area contributed by atoms with Crippen molar-refractivity contribution in [2.75, 3.05) is 16.8 Å². The molecule has 0 aromatic heterocycles. The zero-order valence-corrected chi connectivity index (χ0v) is 18.1. The van der Waals surface area contributed by atoms with Gasteiger partial charge in [0.05, 0.1) is 22.5 Å². The predicted molar refractivity (Wildman–Crippen MR) is 117 cm³/mol. The summed E-state index contributed by atoms with van der Waals surface area (Å²) >= 11 is 6.37. The zero-order chi connectivity index (χ0) is 21.7. The summed E-state index contributed by atoms with van der Waals surface area (Å²) in [5.74, 6) is -2.09. The second kappa shape index (κ2) is 6.17. The Labute approximate surface area is 185 Å². The number of nitrogens with one attached hydrogen (secondary N) is 1. The lowest BCUT2D eigenvalue weighted by molar-refractivity contribution is -0.135. The lowest BCUT2D eigenvalue weighted by atomic mass is 9.75. The summed E-state index contributed by atoms with van der Waals surface area (Å²) in [6.45, 7) is 4.69. The topological polar surface area (TPSA) is 69.7 Å². The Balaban J connectivity index is 1.59. The van der Waals surface area contributed by atoms with E-state index in [2.05, 4.69) is 10.2 Å². The number of aryl methyl sites for hydroxylation is 1. The maximum absolute atomic E-state index is 13.9. The Morgan fingerprint density at radius 3 is 2.61 bits per heavy atom. The molecule has 4 unspecified atom stereocenters. The molecule has 0 bridgehead atoms. The van der Waals surface area contributed by atoms with Crippen LogP contribution in [-0.4, -0.2) is 35.2 Å². The Bertz CT molecular complexity index is 1190. The lowest BCUT2D eigenvalue weighted by Gasteiger charge is -2.36. The van der Waals surface area contributed by atoms with E-state index in [4.69, 9.17) is 11.6 Å². The van der Waals surface area contributed by atoms with Crippen molar-refractivity contribution in [1.82, 2.24) is 4.90 Å². The molecule has 3 amide bonds. The fourth-order valence-corrected chi connectivity index (χ4v) is 6.61. The van der Waals surface area contributed by atoms with Gasteiger partial charge in [-0.25, -0.2) is 4.90 Å². The number of hydrogen-bond donors (Lipinski definition) is 1. The first-order chi connectivity index (χ1) is 14.9. The molecule has 4 heterocycles. The van der Waals surface area contributed by atoms with Gasteiger partial charge in [0.2, 0.25) is 17.7 Å². The summed E-state index contributed by atoms with van der Waals surface area (Å²) in [6, 6.07) is 10.7. The Kier molecular flexibility index (Phi) is 3.79. The van der Waals surface area contributed by atoms with E-state index >= 15 is 0 Å². The summed E-state index contributed by atoms with van der Waals surface area (Å²) in [5, 5.41) is 3.43. The molecule has 0 radical (unpaired) electrons. The third-order valence-electron chi connectivity index (χ3n) is 7.79. The highest BCUT2D eigenvalue weighted by molar-refractivity contribution is 6.36. The number of rotatable bonds is 1. The molecule has 4 aliphatic heterocycles. The SMILES string of the molecule is Cc1ccc2c(c1C)NC(=O)C21C2C(=O)N(c3ccccc3Cl)C(=O)C2C2CCCN21. The van der Waals surface area contributed by atoms with Crippen molar-refractivity contribution in [3.05, 3.63) is 58.1 Å². The number of carbonyl (C=O) groups excluding carboxylic acids is 3. The maximum atomic E-state index is 13.9. The van der Waals surface area contributed by atoms with Gasteiger partial charge in [0, 0.05) is 17.3 Å². The standard InChI is InChI=1S/C24H22ClN3O3/c1-12-9-10-14-20(13(12)2)26-23(31)24(14)19-18(17-8-5-11-27(17)24)21(29)28(22(19)30)16-7-4-3-6-15(16)25/h3-4,6-7,9-10,17-19H,5,8,11H2,1-2H3,(H,26,31). The van der Waals surface area contributed by atoms with Gasteiger partial charge in [0.15, 0.2) is 0 Å². The fraction of sp³-hybridized carbons (Fsp3) is 0.375. The summed E-state index contributed by atoms with van der Waals surface area (Å²) in [7, 11) is 0. The van der Waals surface area contributed by atoms with Gasteiger partial charge >= 0.3 is 0 Å². The summed E-state index contributed by atoms with van der Waals surface area (Å²) in [5.41, 5.74) is 2.93. The van der Waals surface area contributed by atoms with E-state index in [1.807, 2.05) is 26.0 Å². The first-order valence-corrected chi connectivity index (χ1v) is 11.1. The average molecular weight is 436 g/mol. The first-order valence-electron chi connectivity index (χ1n) is 10.7. The van der Waals surface area contributed by atoms with Crippen LogP contribution < -0.4 is 10.2 Å². The van der Waals surface area contributed by atoms with Crippen molar-refractivity contribution in [3.63, 3.8) is 0 Å². The normalized spacial score (nSPS) is 31.4. The van der Waals surface area contributed by atoms with Crippen LogP contribution in [0.25, 0.3) is 0 Å². The molecule has 1 N–H and O–H groups in total. The number of benzene rings is 2. The number of hydrogen-bond acceptors (Lipinski definition) is 4. The monoisotopic (exact) mass is 435 g/mol. The molecule has 6 rings (SSSR count). The van der Waals surface area contributed by atoms with Crippen LogP contribution in [0.1, 0.15) is 29.5 Å². The molecule has 4 atom stereocenters. The van der Waals surface area contributed by atoms with Crippen molar-refractivity contribution in [3.8, 4) is 0 Å². The number of amides is 3. The van der Waals surface area contributed by atoms with Gasteiger partial charge in [-0.1, -0.05) is 35.9 Å². The van der Waals surface area contributed by atoms with Gasteiger partial charge in [-0.2, -0.15) is 0 Å². The molecule has 3 fully saturated rings. The molecule has 2 aromatic carbocycles. The van der Waals surface area contributed by atoms with Crippen LogP contribution in [0.2, 0.25) is 5.02 Å². The van der Waals surface area contributed by atoms with Crippen molar-refractivity contribution in [1.29, 1.82) is 0 Å². The van der Waals surface area contributed by atoms with Gasteiger partial charge in [0.1, 0.15) is 5.54 Å². The molecule has 1 spiro atoms. The van der Waals surface area contributed by atoms with Crippen LogP contribution >= 0.6 is 11.6 Å². The highest BCUT2D eigenvalue weighted by Crippen LogP contribution is 2.61. The van der Waals surface area contributed by atoms with Crippen molar-refractivity contribution < 1.29 is 14.4 Å². The van der Waals surface area contributed by atoms with E-state index in [1.54, 1.807) is 24.3 Å². The van der Waals surface area contributed by atoms with E-state index in [1.165, 1.54) is 4.90 Å². The number of nitrogens with zero attached hydrogens (tertiary/aromatic N) is 2. The number of imide groups is 1. The summed E-state index contributed by atoms with van der Waals surface area (Å²) in [4.78, 5) is 44.6. The highest BCUT2D eigenvalue weighted by atomic mass is 35.5. The van der Waals surface area contributed by atoms with Crippen LogP contribution in [0, 0.1) is 25.7 Å². The molecule has 0 saturated carbocycles. The Morgan fingerprint density at radius 1 is 1.06 bits per heavy atom. The van der Waals surface area contributed by atoms with Crippen molar-refractivity contribution in [2.45, 2.75) is 38.3 Å². The molecule has 4 aliphatic rings. The zero-order valence-electron chi connectivity index (χ0n) is 17.3. The number of anilines is 2. The Hall–Kier alpha value is -2.70. The van der Waals surface area contributed by atoms with Crippen LogP contribution in [0.3, 0.4) is 0 Å². The van der Waals surface area contributed by atoms with E-state index in [0.29, 0.717) is 17.3 Å². The largest absolute Gasteiger partial charge is 0.324 e. The predicted octanol–water partition coefficient (Wildman–Crippen LogP) is 3.39. The van der Waals surface area contributed by atoms with Crippen LogP contribution in [0.15, 0.2) is 36.4 Å². The quantitative estimate of drug-likeness (QED) is 0.697. The molecule has 2 aromatic rings. The third kappa shape index (κ3) is 2.10. The minimum atomic E-state index is -1.15. The molecule has 0 aliphatic carbocycles. The smallest absolute Gasteiger partial charge is 0.250 e. The molecule has 31 heavy (non-hydrogen) atoms. The van der Waals surface area contributed by atoms with Gasteiger partial charge in [-0.3, -0.25) is 19.3 Å². The van der Waals surface area contributed by atoms with Gasteiger partial charge in [0.25, 0.3) is 0 Å². The highest BCUT2D eigenvalue weighted by Gasteiger charge is 2.74. The van der Waals surface area contributed by atoms with Crippen molar-refractivity contribution in [2.24, 2.45) is 11.8 Å². The third-order valence-corrected chi connectivity index (χ3v) is 8.11. The molecular weight excluding hydrogens is 414 g/mol. The fourth-order valence-electron chi connectivity index (χ4n) is 6.39. The van der Waals surface area contributed by atoms with E-state index in [0.717, 1.165) is 35.2 Å². The number of fused-ring (bicyclic) bond motifs is 7. The van der Waals surface area contributed by atoms with Crippen molar-refractivity contribution >= 4 is 40.7 Å². The molecule has 6 nitrogen and oxygen atoms in total. The minimum Gasteiger partial charge on any atom is -0.324 e. The Morgan fingerprint density at radius 2 is 1.84 bits per heavy atom. The first kappa shape index (κ1) is 19.0. The van der Waals surface area contributed by atoms with Crippen LogP contribution in [0.5, 0.6) is 0 Å². The molecule has 158 valence electrons. The van der Waals surface area contributed by atoms with Gasteiger partial charge in [-0.15, -0.1) is 0 Å². The molecular formula is C24H22ClN3O3. The second-order valence-corrected chi connectivity index (χ2v) is 9.43. The molecule has 7 heteroatoms. The molecule has 3 saturated heterocycles. The second-order valence-electron chi connectivity index (χ2n) is 9.02. The summed E-state index contributed by atoms with van der Waals surface area (Å²) < 4.78 is 0. The summed E-state index contributed by atoms with van der Waals surface area (Å²) in [6.07, 6.45) is 1.70. The average Bonchev–Trinajstić information content (AvgIpc) is 3.45. The number of para-hydroxylation sites is 1. The van der Waals surface area contributed by atoms with Gasteiger partial charge in [-0.05, 0) is 56.5 Å². The van der Waals surface area contributed by atoms with E-state index in [-0.39, 0.29) is 23.8 Å². The lowest BCUT2D eigenvalue weighted by Crippen LogP contribution is -2.54. The minimum absolute atomic E-state index is 0.132. The number of halogens is 1. The number of carbonyl (C=O) groups is 3. The van der Waals surface area contributed by atoms with Crippen LogP contribution in [0.4, 0.5) is 11.4 Å².